The summed E-state index contributed by atoms with van der Waals surface area (Å²) in [4.78, 5) is 27.9. The van der Waals surface area contributed by atoms with Crippen molar-refractivity contribution in [3.63, 3.8) is 0 Å². The molecule has 0 atom stereocenters. The molecule has 1 aromatic carbocycles. The minimum Gasteiger partial charge on any atom is -0.434 e. The standard InChI is InChI=1S/C19H17BrN6O3/c20-14-4-6-15(7-5-14)29-19-17(26(27)28)18(22-13-23-19)25-11-9-24(10-12-25)16-3-1-2-8-21-16/h1-8,13H,9-12H2. The first-order valence-electron chi connectivity index (χ1n) is 8.95. The van der Waals surface area contributed by atoms with Crippen molar-refractivity contribution in [2.24, 2.45) is 0 Å². The average Bonchev–Trinajstić information content (AvgIpc) is 2.76. The molecule has 0 aliphatic carbocycles. The lowest BCUT2D eigenvalue weighted by Gasteiger charge is -2.35. The Hall–Kier alpha value is -3.27. The van der Waals surface area contributed by atoms with Gasteiger partial charge in [-0.2, -0.15) is 4.98 Å². The number of nitrogens with zero attached hydrogens (tertiary/aromatic N) is 6. The fourth-order valence-corrected chi connectivity index (χ4v) is 3.39. The minimum atomic E-state index is -0.491. The maximum Gasteiger partial charge on any atom is 0.373 e. The minimum absolute atomic E-state index is 0.0746. The SMILES string of the molecule is O=[N+]([O-])c1c(Oc2ccc(Br)cc2)ncnc1N1CCN(c2ccccn2)CC1. The van der Waals surface area contributed by atoms with Gasteiger partial charge in [0, 0.05) is 36.8 Å². The average molecular weight is 457 g/mol. The van der Waals surface area contributed by atoms with Crippen LogP contribution >= 0.6 is 15.9 Å². The molecule has 0 spiro atoms. The highest BCUT2D eigenvalue weighted by atomic mass is 79.9. The second-order valence-corrected chi connectivity index (χ2v) is 7.24. The van der Waals surface area contributed by atoms with Gasteiger partial charge in [-0.25, -0.2) is 9.97 Å². The molecule has 2 aromatic heterocycles. The fourth-order valence-electron chi connectivity index (χ4n) is 3.12. The Morgan fingerprint density at radius 1 is 0.966 bits per heavy atom. The quantitative estimate of drug-likeness (QED) is 0.423. The molecule has 0 radical (unpaired) electrons. The first kappa shape index (κ1) is 19.1. The number of rotatable bonds is 5. The summed E-state index contributed by atoms with van der Waals surface area (Å²) in [5.74, 6) is 1.54. The van der Waals surface area contributed by atoms with E-state index in [1.807, 2.05) is 23.1 Å². The number of hydrogen-bond donors (Lipinski definition) is 0. The second kappa shape index (κ2) is 8.39. The van der Waals surface area contributed by atoms with Gasteiger partial charge in [0.15, 0.2) is 0 Å². The van der Waals surface area contributed by atoms with Gasteiger partial charge in [-0.15, -0.1) is 0 Å². The van der Waals surface area contributed by atoms with E-state index >= 15 is 0 Å². The van der Waals surface area contributed by atoms with Crippen molar-refractivity contribution in [1.29, 1.82) is 0 Å². The van der Waals surface area contributed by atoms with Crippen molar-refractivity contribution in [1.82, 2.24) is 15.0 Å². The van der Waals surface area contributed by atoms with Crippen LogP contribution in [-0.4, -0.2) is 46.1 Å². The number of benzene rings is 1. The number of aromatic nitrogens is 3. The topological polar surface area (TPSA) is 97.5 Å². The molecule has 0 bridgehead atoms. The zero-order valence-electron chi connectivity index (χ0n) is 15.3. The molecule has 148 valence electrons. The number of halogens is 1. The summed E-state index contributed by atoms with van der Waals surface area (Å²) in [7, 11) is 0. The van der Waals surface area contributed by atoms with Gasteiger partial charge in [0.2, 0.25) is 5.82 Å². The van der Waals surface area contributed by atoms with Gasteiger partial charge in [-0.1, -0.05) is 22.0 Å². The molecule has 3 heterocycles. The van der Waals surface area contributed by atoms with Crippen LogP contribution in [0.25, 0.3) is 0 Å². The summed E-state index contributed by atoms with van der Waals surface area (Å²) >= 11 is 3.35. The molecular weight excluding hydrogens is 440 g/mol. The molecule has 0 amide bonds. The number of ether oxygens (including phenoxy) is 1. The zero-order chi connectivity index (χ0) is 20.2. The van der Waals surface area contributed by atoms with Crippen molar-refractivity contribution < 1.29 is 9.66 Å². The van der Waals surface area contributed by atoms with Crippen LogP contribution in [0.4, 0.5) is 17.3 Å². The van der Waals surface area contributed by atoms with Crippen LogP contribution in [0.5, 0.6) is 11.6 Å². The zero-order valence-corrected chi connectivity index (χ0v) is 16.9. The predicted octanol–water partition coefficient (Wildman–Crippen LogP) is 3.66. The van der Waals surface area contributed by atoms with E-state index in [1.54, 1.807) is 30.5 Å². The normalized spacial score (nSPS) is 14.0. The Morgan fingerprint density at radius 3 is 2.34 bits per heavy atom. The molecule has 9 nitrogen and oxygen atoms in total. The Kier molecular flexibility index (Phi) is 5.52. The molecule has 1 fully saturated rings. The van der Waals surface area contributed by atoms with Crippen LogP contribution in [0.1, 0.15) is 0 Å². The number of pyridine rings is 1. The van der Waals surface area contributed by atoms with E-state index in [0.717, 1.165) is 10.3 Å². The molecule has 4 rings (SSSR count). The number of nitro groups is 1. The molecule has 10 heteroatoms. The van der Waals surface area contributed by atoms with E-state index in [9.17, 15) is 10.1 Å². The van der Waals surface area contributed by atoms with Crippen LogP contribution in [0.2, 0.25) is 0 Å². The van der Waals surface area contributed by atoms with Crippen LogP contribution in [0.15, 0.2) is 59.5 Å². The van der Waals surface area contributed by atoms with Gasteiger partial charge in [-0.3, -0.25) is 10.1 Å². The van der Waals surface area contributed by atoms with E-state index in [2.05, 4.69) is 35.8 Å². The van der Waals surface area contributed by atoms with Crippen LogP contribution in [-0.2, 0) is 0 Å². The smallest absolute Gasteiger partial charge is 0.373 e. The van der Waals surface area contributed by atoms with E-state index in [4.69, 9.17) is 4.74 Å². The summed E-state index contributed by atoms with van der Waals surface area (Å²) in [6.45, 7) is 2.51. The third-order valence-electron chi connectivity index (χ3n) is 4.53. The monoisotopic (exact) mass is 456 g/mol. The lowest BCUT2D eigenvalue weighted by Crippen LogP contribution is -2.47. The highest BCUT2D eigenvalue weighted by Gasteiger charge is 2.30. The van der Waals surface area contributed by atoms with Crippen molar-refractivity contribution in [3.05, 3.63) is 69.6 Å². The molecule has 1 aliphatic heterocycles. The first-order valence-corrected chi connectivity index (χ1v) is 9.75. The summed E-state index contributed by atoms with van der Waals surface area (Å²) in [5.41, 5.74) is -0.235. The summed E-state index contributed by atoms with van der Waals surface area (Å²) in [6, 6.07) is 12.8. The van der Waals surface area contributed by atoms with Crippen molar-refractivity contribution in [2.75, 3.05) is 36.0 Å². The van der Waals surface area contributed by atoms with Gasteiger partial charge in [-0.05, 0) is 36.4 Å². The largest absolute Gasteiger partial charge is 0.434 e. The highest BCUT2D eigenvalue weighted by Crippen LogP contribution is 2.36. The first-order chi connectivity index (χ1) is 14.1. The second-order valence-electron chi connectivity index (χ2n) is 6.33. The van der Waals surface area contributed by atoms with Crippen molar-refractivity contribution in [3.8, 4) is 11.6 Å². The van der Waals surface area contributed by atoms with Gasteiger partial charge in [0.05, 0.1) is 4.92 Å². The fraction of sp³-hybridized carbons (Fsp3) is 0.211. The molecule has 29 heavy (non-hydrogen) atoms. The lowest BCUT2D eigenvalue weighted by molar-refractivity contribution is -0.385. The Bertz CT molecular complexity index is 995. The predicted molar refractivity (Wildman–Crippen MR) is 112 cm³/mol. The number of piperazine rings is 1. The summed E-state index contributed by atoms with van der Waals surface area (Å²) < 4.78 is 6.57. The molecular formula is C19H17BrN6O3. The van der Waals surface area contributed by atoms with Crippen LogP contribution < -0.4 is 14.5 Å². The third-order valence-corrected chi connectivity index (χ3v) is 5.06. The third kappa shape index (κ3) is 4.27. The molecule has 1 aliphatic rings. The van der Waals surface area contributed by atoms with Crippen molar-refractivity contribution in [2.45, 2.75) is 0 Å². The van der Waals surface area contributed by atoms with Crippen LogP contribution in [0.3, 0.4) is 0 Å². The van der Waals surface area contributed by atoms with E-state index in [-0.39, 0.29) is 17.4 Å². The molecule has 0 saturated carbocycles. The van der Waals surface area contributed by atoms with Gasteiger partial charge in [0.1, 0.15) is 17.9 Å². The van der Waals surface area contributed by atoms with Crippen molar-refractivity contribution >= 4 is 33.3 Å². The van der Waals surface area contributed by atoms with Gasteiger partial charge >= 0.3 is 11.6 Å². The van der Waals surface area contributed by atoms with E-state index in [0.29, 0.717) is 31.9 Å². The number of anilines is 2. The maximum absolute atomic E-state index is 11.8. The van der Waals surface area contributed by atoms with E-state index < -0.39 is 4.92 Å². The van der Waals surface area contributed by atoms with E-state index in [1.165, 1.54) is 6.33 Å². The lowest BCUT2D eigenvalue weighted by atomic mass is 10.3. The van der Waals surface area contributed by atoms with Gasteiger partial charge < -0.3 is 14.5 Å². The molecule has 3 aromatic rings. The Morgan fingerprint density at radius 2 is 1.69 bits per heavy atom. The van der Waals surface area contributed by atoms with Crippen LogP contribution in [0, 0.1) is 10.1 Å². The highest BCUT2D eigenvalue weighted by molar-refractivity contribution is 9.10. The molecule has 0 unspecified atom stereocenters. The number of hydrogen-bond acceptors (Lipinski definition) is 8. The Balaban J connectivity index is 1.56. The van der Waals surface area contributed by atoms with Gasteiger partial charge in [0.25, 0.3) is 0 Å². The molecule has 1 saturated heterocycles. The molecule has 0 N–H and O–H groups in total. The summed E-state index contributed by atoms with van der Waals surface area (Å²) in [5, 5.41) is 11.8. The Labute approximate surface area is 175 Å². The summed E-state index contributed by atoms with van der Waals surface area (Å²) in [6.07, 6.45) is 3.05. The maximum atomic E-state index is 11.8.